The third-order valence-electron chi connectivity index (χ3n) is 3.61. The summed E-state index contributed by atoms with van der Waals surface area (Å²) in [5.41, 5.74) is -0.0873. The Hall–Kier alpha value is -1.53. The predicted octanol–water partition coefficient (Wildman–Crippen LogP) is 2.59. The summed E-state index contributed by atoms with van der Waals surface area (Å²) in [6, 6.07) is 4.32. The monoisotopic (exact) mass is 282 g/mol. The van der Waals surface area contributed by atoms with Crippen LogP contribution < -0.4 is 0 Å². The van der Waals surface area contributed by atoms with Gasteiger partial charge < -0.3 is 9.64 Å². The van der Waals surface area contributed by atoms with Gasteiger partial charge in [-0.1, -0.05) is 12.1 Å². The molecule has 1 saturated heterocycles. The molecule has 0 spiro atoms. The fourth-order valence-corrected chi connectivity index (χ4v) is 2.55. The first-order valence-corrected chi connectivity index (χ1v) is 6.76. The summed E-state index contributed by atoms with van der Waals surface area (Å²) in [6.07, 6.45) is 2.03. The summed E-state index contributed by atoms with van der Waals surface area (Å²) in [7, 11) is 1.91. The first-order valence-electron chi connectivity index (χ1n) is 6.76. The van der Waals surface area contributed by atoms with Crippen molar-refractivity contribution < 1.29 is 14.1 Å². The van der Waals surface area contributed by atoms with E-state index in [1.807, 2.05) is 11.9 Å². The van der Waals surface area contributed by atoms with Crippen molar-refractivity contribution in [2.45, 2.75) is 19.4 Å². The van der Waals surface area contributed by atoms with Gasteiger partial charge in [0.25, 0.3) is 0 Å². The lowest BCUT2D eigenvalue weighted by Crippen LogP contribution is -2.29. The van der Waals surface area contributed by atoms with Gasteiger partial charge in [0.15, 0.2) is 0 Å². The summed E-state index contributed by atoms with van der Waals surface area (Å²) in [5.74, 6) is -0.174. The highest BCUT2D eigenvalue weighted by Crippen LogP contribution is 2.22. The van der Waals surface area contributed by atoms with Crippen molar-refractivity contribution in [3.05, 3.63) is 39.7 Å². The fraction of sp³-hybridized carbons (Fsp3) is 0.571. The highest BCUT2D eigenvalue weighted by Gasteiger charge is 2.20. The highest BCUT2D eigenvalue weighted by molar-refractivity contribution is 5.36. The summed E-state index contributed by atoms with van der Waals surface area (Å²) < 4.78 is 19.3. The molecule has 0 aliphatic carbocycles. The number of hydrogen-bond donors (Lipinski definition) is 0. The summed E-state index contributed by atoms with van der Waals surface area (Å²) in [4.78, 5) is 12.0. The average Bonchev–Trinajstić information content (AvgIpc) is 2.42. The predicted molar refractivity (Wildman–Crippen MR) is 72.9 cm³/mol. The van der Waals surface area contributed by atoms with Gasteiger partial charge in [0.05, 0.1) is 4.92 Å². The quantitative estimate of drug-likeness (QED) is 0.615. The third kappa shape index (κ3) is 3.74. The molecule has 1 aliphatic heterocycles. The Bertz CT molecular complexity index is 475. The van der Waals surface area contributed by atoms with Crippen molar-refractivity contribution in [3.8, 4) is 0 Å². The van der Waals surface area contributed by atoms with Gasteiger partial charge >= 0.3 is 5.69 Å². The number of rotatable bonds is 5. The van der Waals surface area contributed by atoms with Crippen molar-refractivity contribution in [2.24, 2.45) is 5.92 Å². The van der Waals surface area contributed by atoms with Gasteiger partial charge in [-0.25, -0.2) is 0 Å². The lowest BCUT2D eigenvalue weighted by Gasteiger charge is -2.27. The second-order valence-electron chi connectivity index (χ2n) is 5.26. The zero-order valence-electron chi connectivity index (χ0n) is 11.5. The first kappa shape index (κ1) is 14.9. The topological polar surface area (TPSA) is 55.6 Å². The SMILES string of the molecule is CN(Cc1cccc([N+](=O)[O-])c1F)CC1CCOCC1. The Morgan fingerprint density at radius 1 is 1.45 bits per heavy atom. The Balaban J connectivity index is 1.98. The molecule has 0 atom stereocenters. The molecular formula is C14H19FN2O3. The molecule has 6 heteroatoms. The molecule has 1 aromatic carbocycles. The maximum absolute atomic E-state index is 14.0. The summed E-state index contributed by atoms with van der Waals surface area (Å²) in [6.45, 7) is 2.80. The molecule has 0 N–H and O–H groups in total. The third-order valence-corrected chi connectivity index (χ3v) is 3.61. The van der Waals surface area contributed by atoms with Gasteiger partial charge in [-0.05, 0) is 25.8 Å². The Labute approximate surface area is 117 Å². The van der Waals surface area contributed by atoms with Gasteiger partial charge in [-0.2, -0.15) is 4.39 Å². The normalized spacial score (nSPS) is 16.6. The molecule has 0 amide bonds. The minimum atomic E-state index is -0.726. The number of ether oxygens (including phenoxy) is 1. The molecule has 1 heterocycles. The lowest BCUT2D eigenvalue weighted by molar-refractivity contribution is -0.387. The van der Waals surface area contributed by atoms with Crippen LogP contribution in [0.4, 0.5) is 10.1 Å². The van der Waals surface area contributed by atoms with Crippen LogP contribution in [0.3, 0.4) is 0 Å². The summed E-state index contributed by atoms with van der Waals surface area (Å²) in [5, 5.41) is 10.7. The fourth-order valence-electron chi connectivity index (χ4n) is 2.55. The summed E-state index contributed by atoms with van der Waals surface area (Å²) >= 11 is 0. The average molecular weight is 282 g/mol. The minimum absolute atomic E-state index is 0.369. The lowest BCUT2D eigenvalue weighted by atomic mass is 9.99. The van der Waals surface area contributed by atoms with Crippen LogP contribution in [0.15, 0.2) is 18.2 Å². The molecule has 1 aliphatic rings. The van der Waals surface area contributed by atoms with Crippen LogP contribution in [0.5, 0.6) is 0 Å². The van der Waals surface area contributed by atoms with E-state index < -0.39 is 16.4 Å². The molecule has 0 saturated carbocycles. The Morgan fingerprint density at radius 2 is 2.15 bits per heavy atom. The van der Waals surface area contributed by atoms with Crippen molar-refractivity contribution >= 4 is 5.69 Å². The Kier molecular flexibility index (Phi) is 5.03. The molecule has 0 radical (unpaired) electrons. The van der Waals surface area contributed by atoms with E-state index in [-0.39, 0.29) is 0 Å². The molecule has 1 aromatic rings. The van der Waals surface area contributed by atoms with Crippen molar-refractivity contribution in [3.63, 3.8) is 0 Å². The van der Waals surface area contributed by atoms with Crippen molar-refractivity contribution in [1.29, 1.82) is 0 Å². The molecule has 5 nitrogen and oxygen atoms in total. The van der Waals surface area contributed by atoms with E-state index in [4.69, 9.17) is 4.74 Å². The highest BCUT2D eigenvalue weighted by atomic mass is 19.1. The van der Waals surface area contributed by atoms with E-state index in [1.54, 1.807) is 6.07 Å². The molecule has 2 rings (SSSR count). The molecular weight excluding hydrogens is 263 g/mol. The van der Waals surface area contributed by atoms with Crippen LogP contribution in [0, 0.1) is 21.8 Å². The number of hydrogen-bond acceptors (Lipinski definition) is 4. The largest absolute Gasteiger partial charge is 0.381 e. The number of nitro groups is 1. The molecule has 110 valence electrons. The maximum atomic E-state index is 14.0. The number of nitrogens with zero attached hydrogens (tertiary/aromatic N) is 2. The van der Waals surface area contributed by atoms with Crippen LogP contribution in [0.2, 0.25) is 0 Å². The van der Waals surface area contributed by atoms with Crippen LogP contribution in [0.25, 0.3) is 0 Å². The van der Waals surface area contributed by atoms with Gasteiger partial charge in [0.2, 0.25) is 5.82 Å². The van der Waals surface area contributed by atoms with E-state index in [9.17, 15) is 14.5 Å². The van der Waals surface area contributed by atoms with Gasteiger partial charge in [-0.3, -0.25) is 10.1 Å². The van der Waals surface area contributed by atoms with Gasteiger partial charge in [0, 0.05) is 37.9 Å². The van der Waals surface area contributed by atoms with E-state index in [2.05, 4.69) is 0 Å². The van der Waals surface area contributed by atoms with Crippen LogP contribution in [-0.4, -0.2) is 36.6 Å². The van der Waals surface area contributed by atoms with E-state index in [0.717, 1.165) is 32.6 Å². The van der Waals surface area contributed by atoms with E-state index in [0.29, 0.717) is 18.0 Å². The first-order chi connectivity index (χ1) is 9.58. The van der Waals surface area contributed by atoms with Crippen LogP contribution in [0.1, 0.15) is 18.4 Å². The number of benzene rings is 1. The van der Waals surface area contributed by atoms with Gasteiger partial charge in [0.1, 0.15) is 0 Å². The van der Waals surface area contributed by atoms with Crippen molar-refractivity contribution in [2.75, 3.05) is 26.8 Å². The molecule has 20 heavy (non-hydrogen) atoms. The molecule has 1 fully saturated rings. The Morgan fingerprint density at radius 3 is 2.80 bits per heavy atom. The minimum Gasteiger partial charge on any atom is -0.381 e. The standard InChI is InChI=1S/C14H19FN2O3/c1-16(9-11-5-7-20-8-6-11)10-12-3-2-4-13(14(12)15)17(18)19/h2-4,11H,5-10H2,1H3. The second-order valence-corrected chi connectivity index (χ2v) is 5.26. The van der Waals surface area contributed by atoms with Crippen LogP contribution in [-0.2, 0) is 11.3 Å². The zero-order valence-corrected chi connectivity index (χ0v) is 11.5. The van der Waals surface area contributed by atoms with Gasteiger partial charge in [-0.15, -0.1) is 0 Å². The second kappa shape index (κ2) is 6.76. The molecule has 0 bridgehead atoms. The van der Waals surface area contributed by atoms with E-state index >= 15 is 0 Å². The van der Waals surface area contributed by atoms with Crippen molar-refractivity contribution in [1.82, 2.24) is 4.90 Å². The molecule has 0 aromatic heterocycles. The van der Waals surface area contributed by atoms with E-state index in [1.165, 1.54) is 12.1 Å². The zero-order chi connectivity index (χ0) is 14.5. The molecule has 0 unspecified atom stereocenters. The maximum Gasteiger partial charge on any atom is 0.305 e. The number of halogens is 1. The number of nitro benzene ring substituents is 1. The van der Waals surface area contributed by atoms with Crippen LogP contribution >= 0.6 is 0 Å². The smallest absolute Gasteiger partial charge is 0.305 e.